The summed E-state index contributed by atoms with van der Waals surface area (Å²) in [5.74, 6) is -0.395. The molecule has 0 aliphatic heterocycles. The third-order valence-corrected chi connectivity index (χ3v) is 2.07. The van der Waals surface area contributed by atoms with Crippen LogP contribution < -0.4 is 5.73 Å². The Morgan fingerprint density at radius 2 is 2.00 bits per heavy atom. The van der Waals surface area contributed by atoms with Crippen LogP contribution in [0.25, 0.3) is 0 Å². The lowest BCUT2D eigenvalue weighted by Gasteiger charge is -2.05. The van der Waals surface area contributed by atoms with Crippen LogP contribution in [0.4, 0.5) is 0 Å². The fourth-order valence-electron chi connectivity index (χ4n) is 0.813. The van der Waals surface area contributed by atoms with Gasteiger partial charge in [0.15, 0.2) is 0 Å². The molecular formula is C11H19NO3. The minimum atomic E-state index is -0.375. The fraction of sp³-hybridized carbons (Fsp3) is 0.636. The van der Waals surface area contributed by atoms with Gasteiger partial charge in [-0.15, -0.1) is 0 Å². The Labute approximate surface area is 90.5 Å². The quantitative estimate of drug-likeness (QED) is 0.412. The minimum absolute atomic E-state index is 0.240. The van der Waals surface area contributed by atoms with Crippen molar-refractivity contribution in [3.63, 3.8) is 0 Å². The number of carbonyl (C=O) groups is 2. The monoisotopic (exact) mass is 213 g/mol. The van der Waals surface area contributed by atoms with E-state index < -0.39 is 0 Å². The SMILES string of the molecule is C/C(=C\C(=O)OCCCC(N)=O)C(C)C. The number of primary amides is 1. The van der Waals surface area contributed by atoms with Gasteiger partial charge in [-0.1, -0.05) is 19.4 Å². The largest absolute Gasteiger partial charge is 0.463 e. The molecule has 0 unspecified atom stereocenters. The summed E-state index contributed by atoms with van der Waals surface area (Å²) in [6.45, 7) is 6.14. The van der Waals surface area contributed by atoms with Crippen molar-refractivity contribution in [3.8, 4) is 0 Å². The van der Waals surface area contributed by atoms with Gasteiger partial charge in [-0.2, -0.15) is 0 Å². The lowest BCUT2D eigenvalue weighted by Crippen LogP contribution is -2.12. The molecule has 0 spiro atoms. The Morgan fingerprint density at radius 3 is 2.47 bits per heavy atom. The van der Waals surface area contributed by atoms with Crippen molar-refractivity contribution in [3.05, 3.63) is 11.6 Å². The summed E-state index contributed by atoms with van der Waals surface area (Å²) in [6, 6.07) is 0. The van der Waals surface area contributed by atoms with Crippen molar-refractivity contribution in [2.24, 2.45) is 11.7 Å². The molecule has 0 aromatic rings. The van der Waals surface area contributed by atoms with Gasteiger partial charge in [-0.3, -0.25) is 4.79 Å². The topological polar surface area (TPSA) is 69.4 Å². The average molecular weight is 213 g/mol. The van der Waals surface area contributed by atoms with Gasteiger partial charge < -0.3 is 10.5 Å². The first-order valence-corrected chi connectivity index (χ1v) is 5.06. The smallest absolute Gasteiger partial charge is 0.330 e. The van der Waals surface area contributed by atoms with E-state index in [4.69, 9.17) is 10.5 Å². The van der Waals surface area contributed by atoms with Gasteiger partial charge in [-0.05, 0) is 19.3 Å². The Bertz CT molecular complexity index is 257. The van der Waals surface area contributed by atoms with Crippen LogP contribution in [0.2, 0.25) is 0 Å². The predicted molar refractivity (Wildman–Crippen MR) is 58.0 cm³/mol. The minimum Gasteiger partial charge on any atom is -0.463 e. The number of amides is 1. The summed E-state index contributed by atoms with van der Waals surface area (Å²) in [5, 5.41) is 0. The van der Waals surface area contributed by atoms with E-state index in [9.17, 15) is 9.59 Å². The molecule has 0 aromatic carbocycles. The van der Waals surface area contributed by atoms with Crippen LogP contribution in [0, 0.1) is 5.92 Å². The molecule has 0 saturated carbocycles. The van der Waals surface area contributed by atoms with Gasteiger partial charge in [0.05, 0.1) is 6.61 Å². The van der Waals surface area contributed by atoms with Crippen molar-refractivity contribution in [2.75, 3.05) is 6.61 Å². The van der Waals surface area contributed by atoms with Crippen LogP contribution in [-0.4, -0.2) is 18.5 Å². The normalized spacial score (nSPS) is 11.6. The molecule has 4 nitrogen and oxygen atoms in total. The van der Waals surface area contributed by atoms with Crippen molar-refractivity contribution >= 4 is 11.9 Å². The summed E-state index contributed by atoms with van der Waals surface area (Å²) in [6.07, 6.45) is 2.21. The molecular weight excluding hydrogens is 194 g/mol. The number of allylic oxidation sites excluding steroid dienone is 1. The standard InChI is InChI=1S/C11H19NO3/c1-8(2)9(3)7-11(14)15-6-4-5-10(12)13/h7-8H,4-6H2,1-3H3,(H2,12,13)/b9-7+. The summed E-state index contributed by atoms with van der Waals surface area (Å²) >= 11 is 0. The molecule has 1 amide bonds. The second-order valence-electron chi connectivity index (χ2n) is 3.78. The highest BCUT2D eigenvalue weighted by Gasteiger charge is 2.02. The summed E-state index contributed by atoms with van der Waals surface area (Å²) < 4.78 is 4.89. The molecule has 86 valence electrons. The molecule has 0 bridgehead atoms. The first-order chi connectivity index (χ1) is 6.93. The lowest BCUT2D eigenvalue weighted by atomic mass is 10.1. The maximum Gasteiger partial charge on any atom is 0.330 e. The number of carbonyl (C=O) groups excluding carboxylic acids is 2. The molecule has 15 heavy (non-hydrogen) atoms. The number of hydrogen-bond donors (Lipinski definition) is 1. The van der Waals surface area contributed by atoms with Crippen LogP contribution in [0.15, 0.2) is 11.6 Å². The van der Waals surface area contributed by atoms with Crippen LogP contribution in [-0.2, 0) is 14.3 Å². The average Bonchev–Trinajstić information content (AvgIpc) is 2.12. The highest BCUT2D eigenvalue weighted by Crippen LogP contribution is 2.07. The molecule has 0 aliphatic rings. The van der Waals surface area contributed by atoms with Gasteiger partial charge >= 0.3 is 5.97 Å². The van der Waals surface area contributed by atoms with Crippen LogP contribution >= 0.6 is 0 Å². The zero-order valence-electron chi connectivity index (χ0n) is 9.58. The van der Waals surface area contributed by atoms with Gasteiger partial charge in [0.2, 0.25) is 5.91 Å². The number of esters is 1. The van der Waals surface area contributed by atoms with E-state index in [1.165, 1.54) is 6.08 Å². The zero-order chi connectivity index (χ0) is 11.8. The third kappa shape index (κ3) is 7.73. The predicted octanol–water partition coefficient (Wildman–Crippen LogP) is 1.40. The van der Waals surface area contributed by atoms with Crippen LogP contribution in [0.1, 0.15) is 33.6 Å². The molecule has 4 heteroatoms. The van der Waals surface area contributed by atoms with E-state index in [1.54, 1.807) is 0 Å². The van der Waals surface area contributed by atoms with Crippen molar-refractivity contribution in [1.82, 2.24) is 0 Å². The second kappa shape index (κ2) is 7.04. The second-order valence-corrected chi connectivity index (χ2v) is 3.78. The first kappa shape index (κ1) is 13.7. The molecule has 0 fully saturated rings. The van der Waals surface area contributed by atoms with Crippen LogP contribution in [0.5, 0.6) is 0 Å². The van der Waals surface area contributed by atoms with Gasteiger partial charge in [-0.25, -0.2) is 4.79 Å². The van der Waals surface area contributed by atoms with E-state index in [0.717, 1.165) is 5.57 Å². The fourth-order valence-corrected chi connectivity index (χ4v) is 0.813. The molecule has 0 rings (SSSR count). The number of nitrogens with two attached hydrogens (primary N) is 1. The highest BCUT2D eigenvalue weighted by atomic mass is 16.5. The Balaban J connectivity index is 3.76. The molecule has 0 aliphatic carbocycles. The Kier molecular flexibility index (Phi) is 6.42. The van der Waals surface area contributed by atoms with Crippen LogP contribution in [0.3, 0.4) is 0 Å². The number of rotatable bonds is 6. The van der Waals surface area contributed by atoms with Crippen molar-refractivity contribution in [2.45, 2.75) is 33.6 Å². The maximum atomic E-state index is 11.2. The summed E-state index contributed by atoms with van der Waals surface area (Å²) in [5.41, 5.74) is 5.92. The molecule has 0 saturated heterocycles. The Hall–Kier alpha value is -1.32. The van der Waals surface area contributed by atoms with Crippen molar-refractivity contribution < 1.29 is 14.3 Å². The molecule has 2 N–H and O–H groups in total. The molecule has 0 heterocycles. The van der Waals surface area contributed by atoms with Crippen molar-refractivity contribution in [1.29, 1.82) is 0 Å². The number of ether oxygens (including phenoxy) is 1. The van der Waals surface area contributed by atoms with E-state index in [-0.39, 0.29) is 24.9 Å². The van der Waals surface area contributed by atoms with E-state index in [2.05, 4.69) is 0 Å². The van der Waals surface area contributed by atoms with E-state index >= 15 is 0 Å². The maximum absolute atomic E-state index is 11.2. The lowest BCUT2D eigenvalue weighted by molar-refractivity contribution is -0.138. The summed E-state index contributed by atoms with van der Waals surface area (Å²) in [4.78, 5) is 21.6. The van der Waals surface area contributed by atoms with Gasteiger partial charge in [0, 0.05) is 12.5 Å². The molecule has 0 radical (unpaired) electrons. The van der Waals surface area contributed by atoms with E-state index in [0.29, 0.717) is 12.3 Å². The molecule has 0 aromatic heterocycles. The first-order valence-electron chi connectivity index (χ1n) is 5.06. The number of hydrogen-bond acceptors (Lipinski definition) is 3. The van der Waals surface area contributed by atoms with Gasteiger partial charge in [0.1, 0.15) is 0 Å². The Morgan fingerprint density at radius 1 is 1.40 bits per heavy atom. The van der Waals surface area contributed by atoms with Gasteiger partial charge in [0.25, 0.3) is 0 Å². The van der Waals surface area contributed by atoms with E-state index in [1.807, 2.05) is 20.8 Å². The molecule has 0 atom stereocenters. The zero-order valence-corrected chi connectivity index (χ0v) is 9.58. The summed E-state index contributed by atoms with van der Waals surface area (Å²) in [7, 11) is 0. The highest BCUT2D eigenvalue weighted by molar-refractivity contribution is 5.82. The third-order valence-electron chi connectivity index (χ3n) is 2.07.